The van der Waals surface area contributed by atoms with E-state index in [1.807, 2.05) is 24.3 Å². The fraction of sp³-hybridized carbons (Fsp3) is 0.211. The topological polar surface area (TPSA) is 70.6 Å². The van der Waals surface area contributed by atoms with Gasteiger partial charge in [0, 0.05) is 24.1 Å². The molecule has 2 aromatic carbocycles. The number of hydrazone groups is 1. The maximum Gasteiger partial charge on any atom is 0.240 e. The van der Waals surface area contributed by atoms with Gasteiger partial charge in [0.1, 0.15) is 5.82 Å². The van der Waals surface area contributed by atoms with Crippen molar-refractivity contribution in [3.8, 4) is 0 Å². The summed E-state index contributed by atoms with van der Waals surface area (Å²) in [5, 5.41) is 6.42. The maximum absolute atomic E-state index is 13.4. The minimum Gasteiger partial charge on any atom is -0.326 e. The Bertz CT molecular complexity index is 758. The van der Waals surface area contributed by atoms with E-state index in [1.165, 1.54) is 17.8 Å². The number of nitrogens with one attached hydrogen (secondary N) is 2. The molecule has 25 heavy (non-hydrogen) atoms. The largest absolute Gasteiger partial charge is 0.326 e. The monoisotopic (exact) mass is 341 g/mol. The molecule has 0 unspecified atom stereocenters. The number of aryl methyl sites for hydroxylation is 1. The molecule has 130 valence electrons. The summed E-state index contributed by atoms with van der Waals surface area (Å²) in [6, 6.07) is 13.6. The third-order valence-electron chi connectivity index (χ3n) is 3.52. The van der Waals surface area contributed by atoms with E-state index in [1.54, 1.807) is 18.2 Å². The summed E-state index contributed by atoms with van der Waals surface area (Å²) in [4.78, 5) is 23.5. The fourth-order valence-electron chi connectivity index (χ4n) is 2.08. The van der Waals surface area contributed by atoms with E-state index in [2.05, 4.69) is 22.8 Å². The Hall–Kier alpha value is -3.02. The zero-order valence-corrected chi connectivity index (χ0v) is 14.0. The lowest BCUT2D eigenvalue weighted by Gasteiger charge is -2.05. The zero-order chi connectivity index (χ0) is 18.1. The standard InChI is InChI=1S/C19H20FN3O2/c1-2-14-7-9-16(10-8-14)22-18(24)11-12-19(25)23-21-13-15-5-3-4-6-17(15)20/h3-10,13H,2,11-12H2,1H3,(H,22,24)(H,23,25)/b21-13+. The quantitative estimate of drug-likeness (QED) is 0.599. The Kier molecular flexibility index (Phi) is 6.83. The van der Waals surface area contributed by atoms with Gasteiger partial charge in [0.25, 0.3) is 0 Å². The van der Waals surface area contributed by atoms with Crippen molar-refractivity contribution in [1.29, 1.82) is 0 Å². The molecule has 0 saturated heterocycles. The van der Waals surface area contributed by atoms with Crippen LogP contribution in [0.25, 0.3) is 0 Å². The second-order valence-electron chi connectivity index (χ2n) is 5.41. The smallest absolute Gasteiger partial charge is 0.240 e. The van der Waals surface area contributed by atoms with Gasteiger partial charge >= 0.3 is 0 Å². The minimum absolute atomic E-state index is 0.00646. The van der Waals surface area contributed by atoms with Crippen LogP contribution in [0.3, 0.4) is 0 Å². The predicted molar refractivity (Wildman–Crippen MR) is 95.8 cm³/mol. The number of benzene rings is 2. The number of hydrogen-bond donors (Lipinski definition) is 2. The van der Waals surface area contributed by atoms with E-state index >= 15 is 0 Å². The van der Waals surface area contributed by atoms with Crippen LogP contribution in [0.4, 0.5) is 10.1 Å². The zero-order valence-electron chi connectivity index (χ0n) is 14.0. The van der Waals surface area contributed by atoms with E-state index in [0.29, 0.717) is 5.69 Å². The van der Waals surface area contributed by atoms with Crippen LogP contribution in [0.2, 0.25) is 0 Å². The third kappa shape index (κ3) is 6.18. The molecule has 0 aliphatic heterocycles. The van der Waals surface area contributed by atoms with Gasteiger partial charge in [-0.3, -0.25) is 9.59 Å². The van der Waals surface area contributed by atoms with E-state index in [0.717, 1.165) is 6.42 Å². The van der Waals surface area contributed by atoms with Crippen molar-refractivity contribution in [2.75, 3.05) is 5.32 Å². The van der Waals surface area contributed by atoms with Gasteiger partial charge in [0.05, 0.1) is 6.21 Å². The number of nitrogens with zero attached hydrogens (tertiary/aromatic N) is 1. The molecule has 0 bridgehead atoms. The molecule has 2 N–H and O–H groups in total. The molecule has 2 rings (SSSR count). The molecule has 0 fully saturated rings. The molecule has 2 amide bonds. The van der Waals surface area contributed by atoms with Gasteiger partial charge in [-0.05, 0) is 30.2 Å². The van der Waals surface area contributed by atoms with Crippen molar-refractivity contribution in [2.45, 2.75) is 26.2 Å². The van der Waals surface area contributed by atoms with Gasteiger partial charge in [0.2, 0.25) is 11.8 Å². The van der Waals surface area contributed by atoms with Crippen LogP contribution in [0.5, 0.6) is 0 Å². The molecule has 0 radical (unpaired) electrons. The van der Waals surface area contributed by atoms with E-state index < -0.39 is 11.7 Å². The lowest BCUT2D eigenvalue weighted by atomic mass is 10.1. The number of hydrogen-bond acceptors (Lipinski definition) is 3. The molecule has 2 aromatic rings. The van der Waals surface area contributed by atoms with Crippen LogP contribution in [0.1, 0.15) is 30.9 Å². The fourth-order valence-corrected chi connectivity index (χ4v) is 2.08. The lowest BCUT2D eigenvalue weighted by Crippen LogP contribution is -2.20. The maximum atomic E-state index is 13.4. The highest BCUT2D eigenvalue weighted by molar-refractivity contribution is 5.93. The summed E-state index contributed by atoms with van der Waals surface area (Å²) in [6.07, 6.45) is 2.19. The molecular weight excluding hydrogens is 321 g/mol. The number of rotatable bonds is 7. The summed E-state index contributed by atoms with van der Waals surface area (Å²) in [6.45, 7) is 2.06. The highest BCUT2D eigenvalue weighted by atomic mass is 19.1. The molecule has 0 atom stereocenters. The molecule has 0 aromatic heterocycles. The second-order valence-corrected chi connectivity index (χ2v) is 5.41. The Balaban J connectivity index is 1.73. The Labute approximate surface area is 145 Å². The van der Waals surface area contributed by atoms with Crippen molar-refractivity contribution >= 4 is 23.7 Å². The van der Waals surface area contributed by atoms with Crippen molar-refractivity contribution in [1.82, 2.24) is 5.43 Å². The van der Waals surface area contributed by atoms with Crippen LogP contribution < -0.4 is 10.7 Å². The minimum atomic E-state index is -0.422. The van der Waals surface area contributed by atoms with Crippen LogP contribution in [-0.2, 0) is 16.0 Å². The van der Waals surface area contributed by atoms with Crippen LogP contribution >= 0.6 is 0 Å². The summed E-state index contributed by atoms with van der Waals surface area (Å²) < 4.78 is 13.4. The van der Waals surface area contributed by atoms with Gasteiger partial charge in [-0.1, -0.05) is 37.3 Å². The first kappa shape index (κ1) is 18.3. The van der Waals surface area contributed by atoms with E-state index in [9.17, 15) is 14.0 Å². The number of carbonyl (C=O) groups is 2. The molecule has 5 nitrogen and oxygen atoms in total. The summed E-state index contributed by atoms with van der Waals surface area (Å²) >= 11 is 0. The Morgan fingerprint density at radius 2 is 1.72 bits per heavy atom. The van der Waals surface area contributed by atoms with Gasteiger partial charge in [0.15, 0.2) is 0 Å². The third-order valence-corrected chi connectivity index (χ3v) is 3.52. The molecular formula is C19H20FN3O2. The lowest BCUT2D eigenvalue weighted by molar-refractivity contribution is -0.124. The molecule has 0 saturated carbocycles. The highest BCUT2D eigenvalue weighted by Gasteiger charge is 2.07. The van der Waals surface area contributed by atoms with Gasteiger partial charge in [-0.25, -0.2) is 9.82 Å². The molecule has 0 aliphatic rings. The Morgan fingerprint density at radius 1 is 1.04 bits per heavy atom. The van der Waals surface area contributed by atoms with Crippen molar-refractivity contribution < 1.29 is 14.0 Å². The average molecular weight is 341 g/mol. The first-order valence-electron chi connectivity index (χ1n) is 8.03. The summed E-state index contributed by atoms with van der Waals surface area (Å²) in [7, 11) is 0. The number of anilines is 1. The van der Waals surface area contributed by atoms with Crippen LogP contribution in [0.15, 0.2) is 53.6 Å². The van der Waals surface area contributed by atoms with Gasteiger partial charge < -0.3 is 5.32 Å². The average Bonchev–Trinajstić information content (AvgIpc) is 2.62. The van der Waals surface area contributed by atoms with Crippen LogP contribution in [0, 0.1) is 5.82 Å². The van der Waals surface area contributed by atoms with Crippen molar-refractivity contribution in [3.63, 3.8) is 0 Å². The first-order valence-corrected chi connectivity index (χ1v) is 8.03. The molecule has 0 spiro atoms. The van der Waals surface area contributed by atoms with Crippen molar-refractivity contribution in [2.24, 2.45) is 5.10 Å². The van der Waals surface area contributed by atoms with Crippen LogP contribution in [-0.4, -0.2) is 18.0 Å². The molecule has 0 aliphatic carbocycles. The normalized spacial score (nSPS) is 10.6. The van der Waals surface area contributed by atoms with E-state index in [4.69, 9.17) is 0 Å². The first-order chi connectivity index (χ1) is 12.1. The number of amides is 2. The molecule has 6 heteroatoms. The second kappa shape index (κ2) is 9.32. The van der Waals surface area contributed by atoms with Crippen molar-refractivity contribution in [3.05, 3.63) is 65.5 Å². The SMILES string of the molecule is CCc1ccc(NC(=O)CCC(=O)N/N=C/c2ccccc2F)cc1. The van der Waals surface area contributed by atoms with Gasteiger partial charge in [-0.2, -0.15) is 5.10 Å². The van der Waals surface area contributed by atoms with E-state index in [-0.39, 0.29) is 24.3 Å². The molecule has 0 heterocycles. The summed E-state index contributed by atoms with van der Waals surface area (Å²) in [5.41, 5.74) is 4.43. The summed E-state index contributed by atoms with van der Waals surface area (Å²) in [5.74, 6) is -1.09. The number of carbonyl (C=O) groups excluding carboxylic acids is 2. The van der Waals surface area contributed by atoms with Gasteiger partial charge in [-0.15, -0.1) is 0 Å². The predicted octanol–water partition coefficient (Wildman–Crippen LogP) is 3.26. The Morgan fingerprint density at radius 3 is 2.40 bits per heavy atom. The highest BCUT2D eigenvalue weighted by Crippen LogP contribution is 2.10. The number of halogens is 1.